The molecule has 0 saturated carbocycles. The Hall–Kier alpha value is -5.20. The minimum atomic E-state index is 0.944. The second-order valence-corrected chi connectivity index (χ2v) is 11.6. The van der Waals surface area contributed by atoms with Crippen molar-refractivity contribution < 1.29 is 0 Å². The number of benzene rings is 4. The lowest BCUT2D eigenvalue weighted by molar-refractivity contribution is 1.08. The van der Waals surface area contributed by atoms with E-state index < -0.39 is 0 Å². The highest BCUT2D eigenvalue weighted by Gasteiger charge is 2.13. The highest BCUT2D eigenvalue weighted by atomic mass is 14.2. The summed E-state index contributed by atoms with van der Waals surface area (Å²) < 4.78 is 0. The molecule has 0 N–H and O–H groups in total. The molecule has 5 aromatic rings. The number of hydrogen-bond donors (Lipinski definition) is 0. The average Bonchev–Trinajstić information content (AvgIpc) is 3.06. The van der Waals surface area contributed by atoms with Crippen LogP contribution in [0.25, 0.3) is 50.2 Å². The molecule has 1 aliphatic carbocycles. The summed E-state index contributed by atoms with van der Waals surface area (Å²) in [6.45, 7) is 12.7. The van der Waals surface area contributed by atoms with Gasteiger partial charge in [-0.25, -0.2) is 0 Å². The van der Waals surface area contributed by atoms with Crippen molar-refractivity contribution in [3.63, 3.8) is 0 Å². The lowest BCUT2D eigenvalue weighted by atomic mass is 9.88. The maximum absolute atomic E-state index is 4.53. The van der Waals surface area contributed by atoms with Gasteiger partial charge in [-0.15, -0.1) is 0 Å². The van der Waals surface area contributed by atoms with Crippen molar-refractivity contribution in [2.75, 3.05) is 0 Å². The summed E-state index contributed by atoms with van der Waals surface area (Å²) in [5.74, 6) is 0. The van der Waals surface area contributed by atoms with Gasteiger partial charge in [-0.2, -0.15) is 0 Å². The van der Waals surface area contributed by atoms with Crippen LogP contribution < -0.4 is 10.4 Å². The van der Waals surface area contributed by atoms with E-state index in [1.807, 2.05) is 6.08 Å². The largest absolute Gasteiger partial charge is 0.0991 e. The zero-order chi connectivity index (χ0) is 30.5. The van der Waals surface area contributed by atoms with Crippen LogP contribution in [0.1, 0.15) is 35.1 Å². The molecule has 0 radical (unpaired) electrons. The fourth-order valence-electron chi connectivity index (χ4n) is 6.08. The van der Waals surface area contributed by atoms with Gasteiger partial charge < -0.3 is 0 Å². The highest BCUT2D eigenvalue weighted by Crippen LogP contribution is 2.34. The number of rotatable bonds is 6. The molecule has 0 heteroatoms. The minimum absolute atomic E-state index is 0.944. The summed E-state index contributed by atoms with van der Waals surface area (Å²) in [5.41, 5.74) is 11.9. The summed E-state index contributed by atoms with van der Waals surface area (Å²) in [4.78, 5) is 0. The molecule has 0 spiro atoms. The fourth-order valence-corrected chi connectivity index (χ4v) is 6.08. The summed E-state index contributed by atoms with van der Waals surface area (Å²) in [6.07, 6.45) is 10.2. The summed E-state index contributed by atoms with van der Waals surface area (Å²) in [5, 5.41) is 5.00. The molecular weight excluding hydrogens is 528 g/mol. The SMILES string of the molecule is C=C/C=C\C(=C)c1cccc(-c2ccc(C)cc2)ccc(C2=c3ccccc3=CCC2)c2ccc(-c3ccc(C)cc3)cc12. The van der Waals surface area contributed by atoms with Crippen molar-refractivity contribution in [3.05, 3.63) is 185 Å². The number of aryl methyl sites for hydroxylation is 2. The molecule has 0 unspecified atom stereocenters. The zero-order valence-electron chi connectivity index (χ0n) is 25.7. The van der Waals surface area contributed by atoms with Gasteiger partial charge in [0, 0.05) is 0 Å². The molecule has 0 saturated heterocycles. The first-order valence-electron chi connectivity index (χ1n) is 15.4. The van der Waals surface area contributed by atoms with E-state index in [4.69, 9.17) is 0 Å². The molecule has 0 aromatic heterocycles. The quantitative estimate of drug-likeness (QED) is 0.179. The first-order chi connectivity index (χ1) is 21.5. The van der Waals surface area contributed by atoms with E-state index >= 15 is 0 Å². The maximum Gasteiger partial charge on any atom is -0.00933 e. The van der Waals surface area contributed by atoms with Gasteiger partial charge in [0.2, 0.25) is 0 Å². The van der Waals surface area contributed by atoms with Gasteiger partial charge in [0.1, 0.15) is 0 Å². The van der Waals surface area contributed by atoms with Crippen LogP contribution in [0.5, 0.6) is 0 Å². The second-order valence-electron chi connectivity index (χ2n) is 11.6. The first kappa shape index (κ1) is 28.9. The van der Waals surface area contributed by atoms with Gasteiger partial charge in [-0.1, -0.05) is 164 Å². The smallest absolute Gasteiger partial charge is 0.00933 e. The Morgan fingerprint density at radius 3 is 2.00 bits per heavy atom. The third-order valence-electron chi connectivity index (χ3n) is 8.49. The van der Waals surface area contributed by atoms with E-state index in [0.717, 1.165) is 24.0 Å². The van der Waals surface area contributed by atoms with E-state index in [1.165, 1.54) is 65.7 Å². The third-order valence-corrected chi connectivity index (χ3v) is 8.49. The van der Waals surface area contributed by atoms with E-state index in [0.29, 0.717) is 0 Å². The maximum atomic E-state index is 4.53. The van der Waals surface area contributed by atoms with Gasteiger partial charge in [-0.05, 0) is 98.5 Å². The molecule has 5 aromatic carbocycles. The predicted molar refractivity (Wildman–Crippen MR) is 192 cm³/mol. The summed E-state index contributed by atoms with van der Waals surface area (Å²) in [6, 6.07) is 44.5. The van der Waals surface area contributed by atoms with Crippen molar-refractivity contribution in [1.82, 2.24) is 0 Å². The lowest BCUT2D eigenvalue weighted by Crippen LogP contribution is -2.29. The Labute approximate surface area is 261 Å². The van der Waals surface area contributed by atoms with Gasteiger partial charge in [0.15, 0.2) is 0 Å². The highest BCUT2D eigenvalue weighted by molar-refractivity contribution is 6.02. The normalized spacial score (nSPS) is 12.4. The van der Waals surface area contributed by atoms with E-state index in [9.17, 15) is 0 Å². The van der Waals surface area contributed by atoms with Crippen LogP contribution in [0.15, 0.2) is 153 Å². The molecule has 1 aliphatic rings. The van der Waals surface area contributed by atoms with Gasteiger partial charge in [0.05, 0.1) is 0 Å². The molecule has 0 aliphatic heterocycles. The second kappa shape index (κ2) is 13.0. The fraction of sp³-hybridized carbons (Fsp3) is 0.0909. The standard InChI is InChI=1S/C44H38/c1-5-6-11-33(4)39-16-9-13-34(35-22-18-31(2)19-23-35)26-28-42(41-17-10-14-37-12-7-8-15-40(37)41)43-29-27-38(30-44(39)43)36-24-20-32(3)21-25-36/h5-9,11-16,18-30H,1,4,10,17H2,2-3H3/b11-6-,13-9?,16-9?,28-26?,34-13?,34-26?,39-16?,42-28?,43-42?,44-39?. The van der Waals surface area contributed by atoms with Gasteiger partial charge >= 0.3 is 0 Å². The van der Waals surface area contributed by atoms with Crippen LogP contribution in [0.2, 0.25) is 0 Å². The molecule has 0 fully saturated rings. The number of allylic oxidation sites excluding steroid dienone is 4. The Kier molecular flexibility index (Phi) is 8.52. The molecule has 0 bridgehead atoms. The van der Waals surface area contributed by atoms with Crippen molar-refractivity contribution in [3.8, 4) is 22.3 Å². The number of hydrogen-bond acceptors (Lipinski definition) is 0. The van der Waals surface area contributed by atoms with Crippen molar-refractivity contribution in [2.24, 2.45) is 0 Å². The van der Waals surface area contributed by atoms with Crippen LogP contribution in [0.3, 0.4) is 0 Å². The number of fused-ring (bicyclic) bond motifs is 2. The first-order valence-corrected chi connectivity index (χ1v) is 15.4. The Bertz CT molecular complexity index is 2080. The van der Waals surface area contributed by atoms with E-state index in [1.54, 1.807) is 6.08 Å². The van der Waals surface area contributed by atoms with Crippen LogP contribution in [0, 0.1) is 13.8 Å². The van der Waals surface area contributed by atoms with Gasteiger partial charge in [-0.3, -0.25) is 0 Å². The minimum Gasteiger partial charge on any atom is -0.0991 e. The Balaban J connectivity index is 1.76. The molecule has 6 rings (SSSR count). The van der Waals surface area contributed by atoms with Gasteiger partial charge in [0.25, 0.3) is 0 Å². The molecule has 0 heterocycles. The molecule has 0 nitrogen and oxygen atoms in total. The van der Waals surface area contributed by atoms with Crippen LogP contribution in [0.4, 0.5) is 0 Å². The van der Waals surface area contributed by atoms with Crippen molar-refractivity contribution >= 4 is 28.0 Å². The third kappa shape index (κ3) is 6.12. The van der Waals surface area contributed by atoms with E-state index in [2.05, 4.69) is 160 Å². The molecule has 44 heavy (non-hydrogen) atoms. The summed E-state index contributed by atoms with van der Waals surface area (Å²) >= 11 is 0. The summed E-state index contributed by atoms with van der Waals surface area (Å²) in [7, 11) is 0. The zero-order valence-corrected chi connectivity index (χ0v) is 25.7. The molecule has 214 valence electrons. The molecule has 0 amide bonds. The Morgan fingerprint density at radius 1 is 0.636 bits per heavy atom. The van der Waals surface area contributed by atoms with Crippen LogP contribution in [-0.2, 0) is 0 Å². The van der Waals surface area contributed by atoms with Crippen molar-refractivity contribution in [1.29, 1.82) is 0 Å². The van der Waals surface area contributed by atoms with E-state index in [-0.39, 0.29) is 0 Å². The molecular formula is C44H38. The monoisotopic (exact) mass is 566 g/mol. The predicted octanol–water partition coefficient (Wildman–Crippen LogP) is 10.4. The molecule has 0 atom stereocenters. The average molecular weight is 567 g/mol. The Morgan fingerprint density at radius 2 is 1.27 bits per heavy atom. The topological polar surface area (TPSA) is 0 Å². The van der Waals surface area contributed by atoms with Crippen molar-refractivity contribution in [2.45, 2.75) is 26.7 Å². The van der Waals surface area contributed by atoms with Crippen LogP contribution >= 0.6 is 0 Å². The van der Waals surface area contributed by atoms with Crippen LogP contribution in [-0.4, -0.2) is 0 Å². The lowest BCUT2D eigenvalue weighted by Gasteiger charge is -2.16.